The number of hydrogen-bond donors (Lipinski definition) is 0. The molecule has 4 atom stereocenters. The number of rotatable bonds is 4. The molecule has 106 valence electrons. The number of carbonyl (C=O) groups excluding carboxylic acids is 2. The maximum Gasteiger partial charge on any atom is 0.509 e. The van der Waals surface area contributed by atoms with Gasteiger partial charge in [0.1, 0.15) is 0 Å². The molecule has 0 unspecified atom stereocenters. The zero-order valence-electron chi connectivity index (χ0n) is 10.9. The summed E-state index contributed by atoms with van der Waals surface area (Å²) in [7, 11) is 0. The molecular weight excluding hydrogens is 264 g/mol. The lowest BCUT2D eigenvalue weighted by Crippen LogP contribution is -2.33. The fourth-order valence-corrected chi connectivity index (χ4v) is 2.34. The molecule has 2 aliphatic rings. The Morgan fingerprint density at radius 1 is 1.20 bits per heavy atom. The first-order valence-corrected chi connectivity index (χ1v) is 6.34. The highest BCUT2D eigenvalue weighted by molar-refractivity contribution is 5.82. The summed E-state index contributed by atoms with van der Waals surface area (Å²) in [6.07, 6.45) is -3.82. The first-order chi connectivity index (χ1) is 9.65. The van der Waals surface area contributed by atoms with Crippen molar-refractivity contribution >= 4 is 11.9 Å². The van der Waals surface area contributed by atoms with Crippen molar-refractivity contribution in [3.05, 3.63) is 35.9 Å². The summed E-state index contributed by atoms with van der Waals surface area (Å²) >= 11 is 0. The fourth-order valence-electron chi connectivity index (χ4n) is 2.34. The number of carbonyl (C=O) groups is 2. The Bertz CT molecular complexity index is 514. The van der Waals surface area contributed by atoms with Gasteiger partial charge in [-0.1, -0.05) is 30.3 Å². The number of ether oxygens (including phenoxy) is 4. The molecule has 6 heteroatoms. The minimum absolute atomic E-state index is 0.218. The second-order valence-electron chi connectivity index (χ2n) is 4.75. The highest BCUT2D eigenvalue weighted by Crippen LogP contribution is 2.33. The van der Waals surface area contributed by atoms with Gasteiger partial charge in [-0.25, -0.2) is 4.79 Å². The average molecular weight is 278 g/mol. The first kappa shape index (κ1) is 13.1. The number of ketones is 1. The molecule has 2 fully saturated rings. The SMILES string of the molecule is CC(=O)[C@H]1O[C@@H](OCc2ccccc2)[C@@H]2OC(=O)O[C@@H]21. The van der Waals surface area contributed by atoms with Gasteiger partial charge in [0.05, 0.1) is 6.61 Å². The van der Waals surface area contributed by atoms with Crippen LogP contribution in [0.2, 0.25) is 0 Å². The molecule has 1 aromatic rings. The summed E-state index contributed by atoms with van der Waals surface area (Å²) in [5.74, 6) is -0.218. The largest absolute Gasteiger partial charge is 0.509 e. The molecular formula is C14H14O6. The van der Waals surface area contributed by atoms with Crippen LogP contribution in [0.25, 0.3) is 0 Å². The van der Waals surface area contributed by atoms with E-state index in [0.717, 1.165) is 5.56 Å². The van der Waals surface area contributed by atoms with Gasteiger partial charge in [0.15, 0.2) is 30.4 Å². The van der Waals surface area contributed by atoms with Crippen molar-refractivity contribution in [2.45, 2.75) is 38.1 Å². The zero-order chi connectivity index (χ0) is 14.1. The molecule has 0 N–H and O–H groups in total. The summed E-state index contributed by atoms with van der Waals surface area (Å²) < 4.78 is 21.0. The second kappa shape index (κ2) is 5.22. The van der Waals surface area contributed by atoms with Crippen LogP contribution in [0.1, 0.15) is 12.5 Å². The van der Waals surface area contributed by atoms with Crippen LogP contribution >= 0.6 is 0 Å². The third kappa shape index (κ3) is 2.39. The minimum atomic E-state index is -0.827. The monoisotopic (exact) mass is 278 g/mol. The first-order valence-electron chi connectivity index (χ1n) is 6.34. The van der Waals surface area contributed by atoms with Gasteiger partial charge in [0, 0.05) is 0 Å². The van der Waals surface area contributed by atoms with Gasteiger partial charge in [-0.05, 0) is 12.5 Å². The number of fused-ring (bicyclic) bond motifs is 1. The topological polar surface area (TPSA) is 71.1 Å². The molecule has 1 aromatic carbocycles. The van der Waals surface area contributed by atoms with E-state index in [1.165, 1.54) is 6.92 Å². The Morgan fingerprint density at radius 2 is 1.90 bits per heavy atom. The average Bonchev–Trinajstić information content (AvgIpc) is 2.95. The van der Waals surface area contributed by atoms with Crippen LogP contribution in [0.3, 0.4) is 0 Å². The van der Waals surface area contributed by atoms with Crippen molar-refractivity contribution in [2.24, 2.45) is 0 Å². The second-order valence-corrected chi connectivity index (χ2v) is 4.75. The van der Waals surface area contributed by atoms with Gasteiger partial charge in [-0.15, -0.1) is 0 Å². The molecule has 0 aliphatic carbocycles. The Hall–Kier alpha value is -1.92. The Kier molecular flexibility index (Phi) is 3.42. The van der Waals surface area contributed by atoms with E-state index in [2.05, 4.69) is 0 Å². The number of benzene rings is 1. The number of hydrogen-bond acceptors (Lipinski definition) is 6. The van der Waals surface area contributed by atoms with E-state index in [4.69, 9.17) is 18.9 Å². The lowest BCUT2D eigenvalue weighted by molar-refractivity contribution is -0.177. The summed E-state index contributed by atoms with van der Waals surface area (Å²) in [4.78, 5) is 22.7. The molecule has 3 rings (SSSR count). The van der Waals surface area contributed by atoms with Gasteiger partial charge in [-0.2, -0.15) is 0 Å². The zero-order valence-corrected chi connectivity index (χ0v) is 10.9. The third-order valence-electron chi connectivity index (χ3n) is 3.29. The van der Waals surface area contributed by atoms with Crippen LogP contribution in [0.4, 0.5) is 4.79 Å². The molecule has 0 radical (unpaired) electrons. The lowest BCUT2D eigenvalue weighted by Gasteiger charge is -2.16. The molecule has 0 spiro atoms. The van der Waals surface area contributed by atoms with Gasteiger partial charge >= 0.3 is 6.16 Å². The Balaban J connectivity index is 1.67. The predicted octanol–water partition coefficient (Wildman–Crippen LogP) is 1.42. The van der Waals surface area contributed by atoms with E-state index in [0.29, 0.717) is 6.61 Å². The minimum Gasteiger partial charge on any atom is -0.423 e. The number of Topliss-reactive ketones (excluding diaryl/α,β-unsaturated/α-hetero) is 1. The van der Waals surface area contributed by atoms with Crippen LogP contribution in [0.15, 0.2) is 30.3 Å². The highest BCUT2D eigenvalue weighted by atomic mass is 16.8. The van der Waals surface area contributed by atoms with E-state index in [9.17, 15) is 9.59 Å². The lowest BCUT2D eigenvalue weighted by atomic mass is 10.1. The normalized spacial score (nSPS) is 31.6. The Labute approximate surface area is 115 Å². The van der Waals surface area contributed by atoms with E-state index >= 15 is 0 Å². The molecule has 2 aliphatic heterocycles. The summed E-state index contributed by atoms with van der Waals surface area (Å²) in [5, 5.41) is 0. The molecule has 6 nitrogen and oxygen atoms in total. The summed E-state index contributed by atoms with van der Waals surface area (Å²) in [6, 6.07) is 9.52. The third-order valence-corrected chi connectivity index (χ3v) is 3.29. The van der Waals surface area contributed by atoms with Crippen molar-refractivity contribution in [2.75, 3.05) is 0 Å². The molecule has 20 heavy (non-hydrogen) atoms. The smallest absolute Gasteiger partial charge is 0.423 e. The van der Waals surface area contributed by atoms with E-state index in [1.807, 2.05) is 30.3 Å². The van der Waals surface area contributed by atoms with Gasteiger partial charge in [-0.3, -0.25) is 4.79 Å². The summed E-state index contributed by atoms with van der Waals surface area (Å²) in [5.41, 5.74) is 0.962. The van der Waals surface area contributed by atoms with Gasteiger partial charge in [0.25, 0.3) is 0 Å². The molecule has 2 saturated heterocycles. The Morgan fingerprint density at radius 3 is 2.60 bits per heavy atom. The van der Waals surface area contributed by atoms with Gasteiger partial charge in [0.2, 0.25) is 0 Å². The van der Waals surface area contributed by atoms with Crippen molar-refractivity contribution < 1.29 is 28.5 Å². The molecule has 0 aromatic heterocycles. The van der Waals surface area contributed by atoms with Crippen LogP contribution in [-0.2, 0) is 30.3 Å². The van der Waals surface area contributed by atoms with Crippen molar-refractivity contribution in [1.82, 2.24) is 0 Å². The van der Waals surface area contributed by atoms with Gasteiger partial charge < -0.3 is 18.9 Å². The summed E-state index contributed by atoms with van der Waals surface area (Å²) in [6.45, 7) is 1.68. The standard InChI is InChI=1S/C14H14O6/c1-8(15)10-11-12(20-14(16)19-11)13(18-10)17-7-9-5-3-2-4-6-9/h2-6,10-13H,7H2,1H3/t10-,11-,12-,13-/m1/s1. The quantitative estimate of drug-likeness (QED) is 0.776. The van der Waals surface area contributed by atoms with Crippen LogP contribution < -0.4 is 0 Å². The van der Waals surface area contributed by atoms with Crippen LogP contribution in [-0.4, -0.2) is 36.5 Å². The van der Waals surface area contributed by atoms with E-state index < -0.39 is 30.8 Å². The highest BCUT2D eigenvalue weighted by Gasteiger charge is 2.56. The molecule has 0 bridgehead atoms. The van der Waals surface area contributed by atoms with E-state index in [-0.39, 0.29) is 5.78 Å². The van der Waals surface area contributed by atoms with Crippen molar-refractivity contribution in [3.8, 4) is 0 Å². The predicted molar refractivity (Wildman–Crippen MR) is 65.7 cm³/mol. The molecule has 2 heterocycles. The fraction of sp³-hybridized carbons (Fsp3) is 0.429. The van der Waals surface area contributed by atoms with Crippen molar-refractivity contribution in [3.63, 3.8) is 0 Å². The van der Waals surface area contributed by atoms with Crippen LogP contribution in [0, 0.1) is 0 Å². The van der Waals surface area contributed by atoms with Crippen molar-refractivity contribution in [1.29, 1.82) is 0 Å². The van der Waals surface area contributed by atoms with Crippen LogP contribution in [0.5, 0.6) is 0 Å². The van der Waals surface area contributed by atoms with E-state index in [1.54, 1.807) is 0 Å². The molecule has 0 amide bonds. The molecule has 0 saturated carbocycles. The maximum absolute atomic E-state index is 11.5. The maximum atomic E-state index is 11.5.